The Morgan fingerprint density at radius 2 is 1.67 bits per heavy atom. The Morgan fingerprint density at radius 1 is 0.917 bits per heavy atom. The number of carbonyl (C=O) groups excluding carboxylic acids is 1. The molecule has 3 aromatic rings. The van der Waals surface area contributed by atoms with E-state index in [4.69, 9.17) is 5.11 Å². The maximum absolute atomic E-state index is 12.9. The van der Waals surface area contributed by atoms with E-state index < -0.39 is 5.97 Å². The van der Waals surface area contributed by atoms with Crippen LogP contribution >= 0.6 is 11.3 Å². The lowest BCUT2D eigenvalue weighted by Crippen LogP contribution is -2.25. The van der Waals surface area contributed by atoms with Crippen molar-refractivity contribution in [2.24, 2.45) is 0 Å². The third kappa shape index (κ3) is 3.00. The zero-order valence-corrected chi connectivity index (χ0v) is 13.2. The minimum Gasteiger partial charge on any atom is -0.507 e. The number of aromatic carboxylic acids is 1. The first kappa shape index (κ1) is 15.8. The standard InChI is InChI=1S/C18H13NO4S/c20-15-11-13(8-9-14(15)18(22)23)19(12-5-2-1-3-6-12)17(21)16-7-4-10-24-16/h1-11,20H,(H,22,23). The van der Waals surface area contributed by atoms with Crippen LogP contribution in [0.1, 0.15) is 20.0 Å². The predicted octanol–water partition coefficient (Wildman–Crippen LogP) is 4.13. The Morgan fingerprint density at radius 3 is 2.25 bits per heavy atom. The molecule has 0 unspecified atom stereocenters. The van der Waals surface area contributed by atoms with Crippen molar-refractivity contribution in [1.29, 1.82) is 0 Å². The third-order valence-corrected chi connectivity index (χ3v) is 4.28. The highest BCUT2D eigenvalue weighted by Crippen LogP contribution is 2.32. The fraction of sp³-hybridized carbons (Fsp3) is 0. The number of anilines is 2. The maximum atomic E-state index is 12.9. The molecule has 0 bridgehead atoms. The summed E-state index contributed by atoms with van der Waals surface area (Å²) in [5.41, 5.74) is 0.802. The number of hydrogen-bond acceptors (Lipinski definition) is 4. The summed E-state index contributed by atoms with van der Waals surface area (Å²) in [6.45, 7) is 0. The lowest BCUT2D eigenvalue weighted by molar-refractivity contribution is 0.0693. The molecule has 120 valence electrons. The summed E-state index contributed by atoms with van der Waals surface area (Å²) < 4.78 is 0. The second-order valence-electron chi connectivity index (χ2n) is 4.96. The quantitative estimate of drug-likeness (QED) is 0.749. The number of rotatable bonds is 4. The number of amides is 1. The van der Waals surface area contributed by atoms with Crippen molar-refractivity contribution in [3.05, 3.63) is 76.5 Å². The zero-order valence-electron chi connectivity index (χ0n) is 12.4. The van der Waals surface area contributed by atoms with Gasteiger partial charge in [-0.15, -0.1) is 11.3 Å². The number of nitrogens with zero attached hydrogens (tertiary/aromatic N) is 1. The lowest BCUT2D eigenvalue weighted by atomic mass is 10.1. The minimum atomic E-state index is -1.23. The first-order valence-corrected chi connectivity index (χ1v) is 7.95. The molecule has 0 saturated heterocycles. The topological polar surface area (TPSA) is 77.8 Å². The zero-order chi connectivity index (χ0) is 17.1. The molecule has 0 atom stereocenters. The molecule has 0 spiro atoms. The predicted molar refractivity (Wildman–Crippen MR) is 92.3 cm³/mol. The van der Waals surface area contributed by atoms with Crippen LogP contribution in [0.25, 0.3) is 0 Å². The SMILES string of the molecule is O=C(O)c1ccc(N(C(=O)c2cccs2)c2ccccc2)cc1O. The average Bonchev–Trinajstić information content (AvgIpc) is 3.10. The Bertz CT molecular complexity index is 875. The summed E-state index contributed by atoms with van der Waals surface area (Å²) in [5.74, 6) is -1.87. The van der Waals surface area contributed by atoms with Gasteiger partial charge in [-0.1, -0.05) is 24.3 Å². The number of carboxylic acid groups (broad SMARTS) is 1. The van der Waals surface area contributed by atoms with Crippen LogP contribution in [0.2, 0.25) is 0 Å². The van der Waals surface area contributed by atoms with Gasteiger partial charge in [0.25, 0.3) is 5.91 Å². The van der Waals surface area contributed by atoms with Crippen LogP contribution < -0.4 is 4.90 Å². The van der Waals surface area contributed by atoms with Crippen molar-refractivity contribution in [2.45, 2.75) is 0 Å². The largest absolute Gasteiger partial charge is 0.507 e. The van der Waals surface area contributed by atoms with Crippen LogP contribution in [0.4, 0.5) is 11.4 Å². The number of hydrogen-bond donors (Lipinski definition) is 2. The molecule has 2 aromatic carbocycles. The third-order valence-electron chi connectivity index (χ3n) is 3.42. The molecule has 5 nitrogen and oxygen atoms in total. The lowest BCUT2D eigenvalue weighted by Gasteiger charge is -2.23. The van der Waals surface area contributed by atoms with Crippen LogP contribution in [-0.4, -0.2) is 22.1 Å². The first-order valence-electron chi connectivity index (χ1n) is 7.07. The summed E-state index contributed by atoms with van der Waals surface area (Å²) in [6.07, 6.45) is 0. The molecule has 0 aliphatic heterocycles. The second-order valence-corrected chi connectivity index (χ2v) is 5.91. The van der Waals surface area contributed by atoms with Crippen LogP contribution in [0.5, 0.6) is 5.75 Å². The van der Waals surface area contributed by atoms with E-state index in [9.17, 15) is 14.7 Å². The molecule has 6 heteroatoms. The molecule has 1 aromatic heterocycles. The molecular formula is C18H13NO4S. The summed E-state index contributed by atoms with van der Waals surface area (Å²) in [4.78, 5) is 25.9. The van der Waals surface area contributed by atoms with Crippen molar-refractivity contribution in [2.75, 3.05) is 4.90 Å². The van der Waals surface area contributed by atoms with Crippen molar-refractivity contribution >= 4 is 34.6 Å². The minimum absolute atomic E-state index is 0.213. The van der Waals surface area contributed by atoms with E-state index in [-0.39, 0.29) is 17.2 Å². The highest BCUT2D eigenvalue weighted by atomic mass is 32.1. The van der Waals surface area contributed by atoms with Crippen LogP contribution in [0, 0.1) is 0 Å². The highest BCUT2D eigenvalue weighted by molar-refractivity contribution is 7.12. The van der Waals surface area contributed by atoms with Gasteiger partial charge in [-0.25, -0.2) is 4.79 Å². The van der Waals surface area contributed by atoms with E-state index in [2.05, 4.69) is 0 Å². The molecule has 0 fully saturated rings. The summed E-state index contributed by atoms with van der Waals surface area (Å²) in [7, 11) is 0. The molecule has 0 radical (unpaired) electrons. The number of phenols is 1. The molecule has 0 saturated carbocycles. The van der Waals surface area contributed by atoms with Gasteiger partial charge in [0.05, 0.1) is 10.6 Å². The van der Waals surface area contributed by atoms with Gasteiger partial charge in [-0.3, -0.25) is 9.69 Å². The van der Waals surface area contributed by atoms with E-state index in [0.717, 1.165) is 0 Å². The monoisotopic (exact) mass is 339 g/mol. The van der Waals surface area contributed by atoms with Gasteiger partial charge in [0.2, 0.25) is 0 Å². The Hall–Kier alpha value is -3.12. The summed E-state index contributed by atoms with van der Waals surface area (Å²) >= 11 is 1.31. The van der Waals surface area contributed by atoms with E-state index in [1.165, 1.54) is 34.4 Å². The van der Waals surface area contributed by atoms with Gasteiger partial charge in [-0.2, -0.15) is 0 Å². The Balaban J connectivity index is 2.10. The number of carboxylic acids is 1. The molecule has 1 heterocycles. The molecule has 1 amide bonds. The van der Waals surface area contributed by atoms with Gasteiger partial charge < -0.3 is 10.2 Å². The van der Waals surface area contributed by atoms with Crippen LogP contribution in [0.15, 0.2) is 66.0 Å². The van der Waals surface area contributed by atoms with Gasteiger partial charge in [0, 0.05) is 11.8 Å². The number of carbonyl (C=O) groups is 2. The molecule has 2 N–H and O–H groups in total. The van der Waals surface area contributed by atoms with Crippen molar-refractivity contribution in [3.63, 3.8) is 0 Å². The fourth-order valence-corrected chi connectivity index (χ4v) is 2.96. The van der Waals surface area contributed by atoms with E-state index >= 15 is 0 Å². The van der Waals surface area contributed by atoms with E-state index in [0.29, 0.717) is 16.3 Å². The normalized spacial score (nSPS) is 10.3. The van der Waals surface area contributed by atoms with E-state index in [1.54, 1.807) is 41.8 Å². The molecular weight excluding hydrogens is 326 g/mol. The van der Waals surface area contributed by atoms with Crippen molar-refractivity contribution in [3.8, 4) is 5.75 Å². The number of para-hydroxylation sites is 1. The second kappa shape index (κ2) is 6.55. The van der Waals surface area contributed by atoms with Crippen molar-refractivity contribution < 1.29 is 19.8 Å². The first-order chi connectivity index (χ1) is 11.6. The van der Waals surface area contributed by atoms with Crippen LogP contribution in [0.3, 0.4) is 0 Å². The molecule has 0 aliphatic carbocycles. The number of thiophene rings is 1. The Labute approximate surface area is 142 Å². The molecule has 24 heavy (non-hydrogen) atoms. The molecule has 3 rings (SSSR count). The van der Waals surface area contributed by atoms with Gasteiger partial charge >= 0.3 is 5.97 Å². The van der Waals surface area contributed by atoms with Crippen LogP contribution in [-0.2, 0) is 0 Å². The van der Waals surface area contributed by atoms with Crippen molar-refractivity contribution in [1.82, 2.24) is 0 Å². The summed E-state index contributed by atoms with van der Waals surface area (Å²) in [6, 6.07) is 16.5. The highest BCUT2D eigenvalue weighted by Gasteiger charge is 2.22. The fourth-order valence-electron chi connectivity index (χ4n) is 2.31. The maximum Gasteiger partial charge on any atom is 0.339 e. The Kier molecular flexibility index (Phi) is 4.31. The van der Waals surface area contributed by atoms with Gasteiger partial charge in [-0.05, 0) is 35.7 Å². The van der Waals surface area contributed by atoms with E-state index in [1.807, 2.05) is 6.07 Å². The number of aromatic hydroxyl groups is 1. The van der Waals surface area contributed by atoms with Gasteiger partial charge in [0.15, 0.2) is 0 Å². The summed E-state index contributed by atoms with van der Waals surface area (Å²) in [5, 5.41) is 20.8. The smallest absolute Gasteiger partial charge is 0.339 e. The number of benzene rings is 2. The molecule has 0 aliphatic rings. The van der Waals surface area contributed by atoms with Gasteiger partial charge in [0.1, 0.15) is 11.3 Å². The average molecular weight is 339 g/mol.